The fraction of sp³-hybridized carbons (Fsp3) is 0.308. The number of carbonyl (C=O) groups excluding carboxylic acids is 2. The van der Waals surface area contributed by atoms with Gasteiger partial charge in [-0.25, -0.2) is 9.59 Å². The number of methoxy groups -OCH3 is 1. The monoisotopic (exact) mass is 326 g/mol. The average molecular weight is 326 g/mol. The number of nitro groups is 1. The van der Waals surface area contributed by atoms with E-state index in [9.17, 15) is 24.5 Å². The third-order valence-electron chi connectivity index (χ3n) is 2.67. The summed E-state index contributed by atoms with van der Waals surface area (Å²) >= 11 is 0. The molecule has 124 valence electrons. The Morgan fingerprint density at radius 1 is 1.39 bits per heavy atom. The van der Waals surface area contributed by atoms with Gasteiger partial charge in [-0.15, -0.1) is 0 Å². The van der Waals surface area contributed by atoms with E-state index in [1.54, 1.807) is 0 Å². The van der Waals surface area contributed by atoms with Gasteiger partial charge >= 0.3 is 11.9 Å². The van der Waals surface area contributed by atoms with Gasteiger partial charge in [0.05, 0.1) is 12.0 Å². The zero-order valence-corrected chi connectivity index (χ0v) is 12.3. The quantitative estimate of drug-likeness (QED) is 0.313. The predicted molar refractivity (Wildman–Crippen MR) is 74.7 cm³/mol. The first-order valence-corrected chi connectivity index (χ1v) is 6.24. The van der Waals surface area contributed by atoms with Crippen molar-refractivity contribution in [1.29, 1.82) is 0 Å². The number of non-ortho nitro benzene ring substituents is 1. The highest BCUT2D eigenvalue weighted by molar-refractivity contribution is 6.01. The second-order valence-corrected chi connectivity index (χ2v) is 4.33. The molecule has 1 aromatic carbocycles. The van der Waals surface area contributed by atoms with E-state index in [0.717, 1.165) is 13.0 Å². The maximum Gasteiger partial charge on any atom is 0.340 e. The lowest BCUT2D eigenvalue weighted by atomic mass is 10.2. The van der Waals surface area contributed by atoms with E-state index in [-0.39, 0.29) is 17.0 Å². The molecule has 0 radical (unpaired) electrons. The van der Waals surface area contributed by atoms with Crippen molar-refractivity contribution in [3.63, 3.8) is 0 Å². The number of esters is 1. The number of hydrogen-bond donors (Lipinski definition) is 2. The third kappa shape index (κ3) is 4.95. The van der Waals surface area contributed by atoms with E-state index in [2.05, 4.69) is 0 Å². The Labute approximate surface area is 130 Å². The van der Waals surface area contributed by atoms with Gasteiger partial charge in [0.25, 0.3) is 5.69 Å². The van der Waals surface area contributed by atoms with Crippen molar-refractivity contribution in [2.75, 3.05) is 7.11 Å². The van der Waals surface area contributed by atoms with E-state index in [0.29, 0.717) is 0 Å². The van der Waals surface area contributed by atoms with Gasteiger partial charge in [0, 0.05) is 24.6 Å². The first-order valence-electron chi connectivity index (χ1n) is 6.24. The van der Waals surface area contributed by atoms with Gasteiger partial charge < -0.3 is 19.9 Å². The van der Waals surface area contributed by atoms with Crippen LogP contribution in [0.3, 0.4) is 0 Å². The SMILES string of the molecule is COc1ccc([N+](=O)[O-])cc1COC(=O)C(NC(C)=O)C(=O)O. The van der Waals surface area contributed by atoms with Crippen LogP contribution in [0.5, 0.6) is 5.75 Å². The Morgan fingerprint density at radius 3 is 2.52 bits per heavy atom. The number of carboxylic acid groups (broad SMARTS) is 1. The molecule has 10 heteroatoms. The highest BCUT2D eigenvalue weighted by Gasteiger charge is 2.29. The minimum atomic E-state index is -1.86. The topological polar surface area (TPSA) is 145 Å². The number of benzene rings is 1. The molecule has 0 fully saturated rings. The van der Waals surface area contributed by atoms with Gasteiger partial charge in [0.2, 0.25) is 11.9 Å². The first kappa shape index (κ1) is 17.9. The lowest BCUT2D eigenvalue weighted by Gasteiger charge is -2.13. The normalized spacial score (nSPS) is 11.2. The molecule has 1 rings (SSSR count). The minimum Gasteiger partial charge on any atom is -0.496 e. The van der Waals surface area contributed by atoms with Crippen LogP contribution in [0.2, 0.25) is 0 Å². The van der Waals surface area contributed by atoms with Crippen molar-refractivity contribution in [3.05, 3.63) is 33.9 Å². The molecule has 1 amide bonds. The number of nitro benzene ring substituents is 1. The van der Waals surface area contributed by atoms with E-state index >= 15 is 0 Å². The van der Waals surface area contributed by atoms with Crippen molar-refractivity contribution < 1.29 is 33.9 Å². The van der Waals surface area contributed by atoms with Crippen LogP contribution >= 0.6 is 0 Å². The summed E-state index contributed by atoms with van der Waals surface area (Å²) in [6, 6.07) is 1.81. The van der Waals surface area contributed by atoms with Crippen LogP contribution in [0.15, 0.2) is 18.2 Å². The third-order valence-corrected chi connectivity index (χ3v) is 2.67. The summed E-state index contributed by atoms with van der Waals surface area (Å²) in [6.07, 6.45) is 0. The number of nitrogens with one attached hydrogen (secondary N) is 1. The lowest BCUT2D eigenvalue weighted by molar-refractivity contribution is -0.385. The Hall–Kier alpha value is -3.17. The largest absolute Gasteiger partial charge is 0.496 e. The van der Waals surface area contributed by atoms with Crippen LogP contribution in [-0.4, -0.2) is 41.0 Å². The number of hydrogen-bond acceptors (Lipinski definition) is 7. The maximum absolute atomic E-state index is 11.7. The standard InChI is InChI=1S/C13H14N2O8/c1-7(16)14-11(12(17)18)13(19)23-6-8-5-9(15(20)21)3-4-10(8)22-2/h3-5,11H,6H2,1-2H3,(H,14,16)(H,17,18). The van der Waals surface area contributed by atoms with E-state index < -0.39 is 35.4 Å². The van der Waals surface area contributed by atoms with Crippen molar-refractivity contribution >= 4 is 23.5 Å². The predicted octanol–water partition coefficient (Wildman–Crippen LogP) is 0.236. The molecule has 0 aliphatic rings. The van der Waals surface area contributed by atoms with Crippen LogP contribution in [0.4, 0.5) is 5.69 Å². The molecule has 0 aliphatic carbocycles. The van der Waals surface area contributed by atoms with E-state index in [4.69, 9.17) is 14.6 Å². The van der Waals surface area contributed by atoms with Gasteiger partial charge in [-0.05, 0) is 6.07 Å². The molecular formula is C13H14N2O8. The van der Waals surface area contributed by atoms with Gasteiger partial charge in [-0.2, -0.15) is 0 Å². The summed E-state index contributed by atoms with van der Waals surface area (Å²) in [4.78, 5) is 43.6. The highest BCUT2D eigenvalue weighted by Crippen LogP contribution is 2.24. The first-order chi connectivity index (χ1) is 10.8. The lowest BCUT2D eigenvalue weighted by Crippen LogP contribution is -2.46. The second kappa shape index (κ2) is 7.73. The Morgan fingerprint density at radius 2 is 2.04 bits per heavy atom. The Kier molecular flexibility index (Phi) is 6.01. The van der Waals surface area contributed by atoms with Crippen LogP contribution in [0.1, 0.15) is 12.5 Å². The Balaban J connectivity index is 2.89. The molecule has 1 unspecified atom stereocenters. The molecular weight excluding hydrogens is 312 g/mol. The molecule has 0 saturated heterocycles. The summed E-state index contributed by atoms with van der Waals surface area (Å²) in [5, 5.41) is 21.5. The van der Waals surface area contributed by atoms with E-state index in [1.165, 1.54) is 19.2 Å². The molecule has 23 heavy (non-hydrogen) atoms. The van der Waals surface area contributed by atoms with Gasteiger partial charge in [-0.3, -0.25) is 14.9 Å². The maximum atomic E-state index is 11.7. The molecule has 0 aliphatic heterocycles. The Bertz CT molecular complexity index is 643. The number of aliphatic carboxylic acids is 1. The van der Waals surface area contributed by atoms with Gasteiger partial charge in [0.15, 0.2) is 0 Å². The van der Waals surface area contributed by atoms with Crippen molar-refractivity contribution in [2.24, 2.45) is 0 Å². The molecule has 0 bridgehead atoms. The molecule has 0 saturated carbocycles. The number of amides is 1. The molecule has 2 N–H and O–H groups in total. The molecule has 0 aromatic heterocycles. The summed E-state index contributed by atoms with van der Waals surface area (Å²) in [6.45, 7) is 0.597. The zero-order chi connectivity index (χ0) is 17.6. The molecule has 0 spiro atoms. The minimum absolute atomic E-state index is 0.182. The van der Waals surface area contributed by atoms with Crippen molar-refractivity contribution in [3.8, 4) is 5.75 Å². The summed E-state index contributed by atoms with van der Waals surface area (Å²) in [5.74, 6) is -3.28. The van der Waals surface area contributed by atoms with E-state index in [1.807, 2.05) is 5.32 Å². The number of nitrogens with zero attached hydrogens (tertiary/aromatic N) is 1. The van der Waals surface area contributed by atoms with Crippen LogP contribution in [0, 0.1) is 10.1 Å². The summed E-state index contributed by atoms with van der Waals surface area (Å²) in [7, 11) is 1.32. The van der Waals surface area contributed by atoms with Gasteiger partial charge in [0.1, 0.15) is 12.4 Å². The summed E-state index contributed by atoms with van der Waals surface area (Å²) < 4.78 is 9.78. The number of ether oxygens (including phenoxy) is 2. The highest BCUT2D eigenvalue weighted by atomic mass is 16.6. The molecule has 10 nitrogen and oxygen atoms in total. The fourth-order valence-electron chi connectivity index (χ4n) is 1.65. The number of carbonyl (C=O) groups is 3. The molecule has 1 aromatic rings. The van der Waals surface area contributed by atoms with Gasteiger partial charge in [-0.1, -0.05) is 0 Å². The fourth-order valence-corrected chi connectivity index (χ4v) is 1.65. The van der Waals surface area contributed by atoms with Crippen molar-refractivity contribution in [2.45, 2.75) is 19.6 Å². The van der Waals surface area contributed by atoms with Crippen LogP contribution in [0.25, 0.3) is 0 Å². The molecule has 0 heterocycles. The number of carboxylic acids is 1. The number of rotatable bonds is 7. The average Bonchev–Trinajstić information content (AvgIpc) is 2.49. The van der Waals surface area contributed by atoms with Crippen LogP contribution in [-0.2, 0) is 25.7 Å². The zero-order valence-electron chi connectivity index (χ0n) is 12.3. The second-order valence-electron chi connectivity index (χ2n) is 4.33. The summed E-state index contributed by atoms with van der Waals surface area (Å²) in [5.41, 5.74) is -0.0597. The van der Waals surface area contributed by atoms with Crippen molar-refractivity contribution in [1.82, 2.24) is 5.32 Å². The molecule has 1 atom stereocenters. The smallest absolute Gasteiger partial charge is 0.340 e. The van der Waals surface area contributed by atoms with Crippen LogP contribution < -0.4 is 10.1 Å².